The number of carboxylic acids is 1. The summed E-state index contributed by atoms with van der Waals surface area (Å²) in [7, 11) is 0. The van der Waals surface area contributed by atoms with Gasteiger partial charge in [-0.1, -0.05) is 6.92 Å². The highest BCUT2D eigenvalue weighted by atomic mass is 19.1. The van der Waals surface area contributed by atoms with E-state index in [1.807, 2.05) is 6.92 Å². The first-order valence-electron chi connectivity index (χ1n) is 5.39. The van der Waals surface area contributed by atoms with Gasteiger partial charge in [-0.2, -0.15) is 0 Å². The van der Waals surface area contributed by atoms with Crippen molar-refractivity contribution in [3.8, 4) is 0 Å². The molecule has 1 heterocycles. The molecule has 0 amide bonds. The van der Waals surface area contributed by atoms with Gasteiger partial charge in [0.1, 0.15) is 5.82 Å². The molecule has 0 spiro atoms. The van der Waals surface area contributed by atoms with Crippen LogP contribution in [0.25, 0.3) is 10.8 Å². The van der Waals surface area contributed by atoms with Crippen LogP contribution >= 0.6 is 0 Å². The van der Waals surface area contributed by atoms with E-state index in [0.717, 1.165) is 10.9 Å². The Kier molecular flexibility index (Phi) is 3.04. The van der Waals surface area contributed by atoms with Crippen LogP contribution in [-0.2, 0) is 17.6 Å². The summed E-state index contributed by atoms with van der Waals surface area (Å²) in [5.74, 6) is -1.49. The molecule has 0 aliphatic carbocycles. The largest absolute Gasteiger partial charge is 0.481 e. The molecule has 3 nitrogen and oxygen atoms in total. The Bertz CT molecular complexity index is 581. The van der Waals surface area contributed by atoms with E-state index in [4.69, 9.17) is 5.11 Å². The second-order valence-electron chi connectivity index (χ2n) is 3.84. The van der Waals surface area contributed by atoms with Gasteiger partial charge in [-0.3, -0.25) is 9.78 Å². The fourth-order valence-electron chi connectivity index (χ4n) is 1.98. The number of rotatable bonds is 3. The normalized spacial score (nSPS) is 10.7. The highest BCUT2D eigenvalue weighted by Gasteiger charge is 2.13. The predicted octanol–water partition coefficient (Wildman–Crippen LogP) is 2.56. The maximum Gasteiger partial charge on any atom is 0.307 e. The van der Waals surface area contributed by atoms with Crippen LogP contribution < -0.4 is 0 Å². The van der Waals surface area contributed by atoms with Crippen LogP contribution in [0.4, 0.5) is 4.39 Å². The molecular weight excluding hydrogens is 221 g/mol. The minimum atomic E-state index is -1.04. The van der Waals surface area contributed by atoms with Crippen molar-refractivity contribution in [3.05, 3.63) is 41.5 Å². The molecule has 0 aliphatic rings. The number of benzene rings is 1. The number of carboxylic acid groups (broad SMARTS) is 1. The van der Waals surface area contributed by atoms with Gasteiger partial charge in [-0.25, -0.2) is 4.39 Å². The third kappa shape index (κ3) is 2.11. The van der Waals surface area contributed by atoms with E-state index < -0.39 is 11.8 Å². The maximum absolute atomic E-state index is 13.8. The summed E-state index contributed by atoms with van der Waals surface area (Å²) in [5, 5.41) is 10.3. The molecule has 0 fully saturated rings. The Morgan fingerprint density at radius 3 is 2.88 bits per heavy atom. The molecule has 4 heteroatoms. The Hall–Kier alpha value is -1.97. The molecule has 0 unspecified atom stereocenters. The fraction of sp³-hybridized carbons (Fsp3) is 0.231. The van der Waals surface area contributed by atoms with E-state index in [1.165, 1.54) is 6.07 Å². The first-order chi connectivity index (χ1) is 8.13. The van der Waals surface area contributed by atoms with E-state index in [-0.39, 0.29) is 12.0 Å². The number of carbonyl (C=O) groups is 1. The standard InChI is InChI=1S/C13H12FNO2/c1-2-8-5-12(14)10(6-13(16)17)9-3-4-15-7-11(8)9/h3-5,7H,2,6H2,1H3,(H,16,17). The first kappa shape index (κ1) is 11.5. The number of aromatic nitrogens is 1. The highest BCUT2D eigenvalue weighted by Crippen LogP contribution is 2.25. The van der Waals surface area contributed by atoms with Crippen molar-refractivity contribution in [1.82, 2.24) is 4.98 Å². The topological polar surface area (TPSA) is 50.2 Å². The van der Waals surface area contributed by atoms with Crippen LogP contribution in [0.2, 0.25) is 0 Å². The smallest absolute Gasteiger partial charge is 0.307 e. The Morgan fingerprint density at radius 1 is 1.47 bits per heavy atom. The second kappa shape index (κ2) is 4.49. The molecule has 88 valence electrons. The van der Waals surface area contributed by atoms with Gasteiger partial charge >= 0.3 is 5.97 Å². The number of aryl methyl sites for hydroxylation is 1. The van der Waals surface area contributed by atoms with Crippen molar-refractivity contribution in [1.29, 1.82) is 0 Å². The van der Waals surface area contributed by atoms with Gasteiger partial charge < -0.3 is 5.11 Å². The average molecular weight is 233 g/mol. The molecule has 1 aromatic heterocycles. The van der Waals surface area contributed by atoms with Gasteiger partial charge in [-0.05, 0) is 29.5 Å². The fourth-order valence-corrected chi connectivity index (χ4v) is 1.98. The van der Waals surface area contributed by atoms with Crippen LogP contribution in [0.15, 0.2) is 24.5 Å². The van der Waals surface area contributed by atoms with Crippen molar-refractivity contribution in [2.45, 2.75) is 19.8 Å². The lowest BCUT2D eigenvalue weighted by Crippen LogP contribution is -2.04. The summed E-state index contributed by atoms with van der Waals surface area (Å²) >= 11 is 0. The molecule has 0 saturated carbocycles. The Morgan fingerprint density at radius 2 is 2.24 bits per heavy atom. The minimum absolute atomic E-state index is 0.229. The van der Waals surface area contributed by atoms with Crippen molar-refractivity contribution >= 4 is 16.7 Å². The van der Waals surface area contributed by atoms with Gasteiger partial charge in [0.2, 0.25) is 0 Å². The molecule has 0 atom stereocenters. The molecule has 1 N–H and O–H groups in total. The molecule has 2 aromatic rings. The molecule has 0 bridgehead atoms. The van der Waals surface area contributed by atoms with Crippen LogP contribution in [0, 0.1) is 5.82 Å². The molecule has 0 saturated heterocycles. The van der Waals surface area contributed by atoms with E-state index in [1.54, 1.807) is 18.5 Å². The lowest BCUT2D eigenvalue weighted by Gasteiger charge is -2.09. The van der Waals surface area contributed by atoms with Crippen LogP contribution in [0.1, 0.15) is 18.1 Å². The summed E-state index contributed by atoms with van der Waals surface area (Å²) in [6.45, 7) is 1.93. The van der Waals surface area contributed by atoms with E-state index in [2.05, 4.69) is 4.98 Å². The second-order valence-corrected chi connectivity index (χ2v) is 3.84. The van der Waals surface area contributed by atoms with Crippen molar-refractivity contribution in [2.24, 2.45) is 0 Å². The van der Waals surface area contributed by atoms with Crippen LogP contribution in [-0.4, -0.2) is 16.1 Å². The minimum Gasteiger partial charge on any atom is -0.481 e. The monoisotopic (exact) mass is 233 g/mol. The number of halogens is 1. The molecular formula is C13H12FNO2. The van der Waals surface area contributed by atoms with Gasteiger partial charge in [-0.15, -0.1) is 0 Å². The van der Waals surface area contributed by atoms with Crippen molar-refractivity contribution < 1.29 is 14.3 Å². The SMILES string of the molecule is CCc1cc(F)c(CC(=O)O)c2ccncc12. The number of hydrogen-bond donors (Lipinski definition) is 1. The first-order valence-corrected chi connectivity index (χ1v) is 5.39. The van der Waals surface area contributed by atoms with E-state index in [9.17, 15) is 9.18 Å². The third-order valence-electron chi connectivity index (χ3n) is 2.79. The summed E-state index contributed by atoms with van der Waals surface area (Å²) in [5.41, 5.74) is 1.08. The molecule has 2 rings (SSSR count). The van der Waals surface area contributed by atoms with Crippen molar-refractivity contribution in [3.63, 3.8) is 0 Å². The van der Waals surface area contributed by atoms with Crippen LogP contribution in [0.3, 0.4) is 0 Å². The van der Waals surface area contributed by atoms with E-state index in [0.29, 0.717) is 11.8 Å². The highest BCUT2D eigenvalue weighted by molar-refractivity contribution is 5.90. The molecule has 1 aromatic carbocycles. The van der Waals surface area contributed by atoms with Gasteiger partial charge in [0.15, 0.2) is 0 Å². The molecule has 17 heavy (non-hydrogen) atoms. The zero-order valence-corrected chi connectivity index (χ0v) is 9.40. The number of nitrogens with zero attached hydrogens (tertiary/aromatic N) is 1. The molecule has 0 aliphatic heterocycles. The predicted molar refractivity (Wildman–Crippen MR) is 62.4 cm³/mol. The summed E-state index contributed by atoms with van der Waals surface area (Å²) < 4.78 is 13.8. The van der Waals surface area contributed by atoms with E-state index >= 15 is 0 Å². The van der Waals surface area contributed by atoms with Gasteiger partial charge in [0, 0.05) is 23.3 Å². The Labute approximate surface area is 97.9 Å². The number of fused-ring (bicyclic) bond motifs is 1. The summed E-state index contributed by atoms with van der Waals surface area (Å²) in [6.07, 6.45) is 3.58. The summed E-state index contributed by atoms with van der Waals surface area (Å²) in [6, 6.07) is 3.07. The average Bonchev–Trinajstić information content (AvgIpc) is 2.32. The lowest BCUT2D eigenvalue weighted by molar-refractivity contribution is -0.136. The lowest BCUT2D eigenvalue weighted by atomic mass is 9.97. The van der Waals surface area contributed by atoms with Crippen molar-refractivity contribution in [2.75, 3.05) is 0 Å². The zero-order valence-electron chi connectivity index (χ0n) is 9.40. The van der Waals surface area contributed by atoms with Crippen LogP contribution in [0.5, 0.6) is 0 Å². The third-order valence-corrected chi connectivity index (χ3v) is 2.79. The quantitative estimate of drug-likeness (QED) is 0.886. The Balaban J connectivity index is 2.75. The maximum atomic E-state index is 13.8. The van der Waals surface area contributed by atoms with Gasteiger partial charge in [0.25, 0.3) is 0 Å². The number of pyridine rings is 1. The zero-order chi connectivity index (χ0) is 12.4. The molecule has 0 radical (unpaired) electrons. The summed E-state index contributed by atoms with van der Waals surface area (Å²) in [4.78, 5) is 14.7. The van der Waals surface area contributed by atoms with Gasteiger partial charge in [0.05, 0.1) is 6.42 Å². The number of hydrogen-bond acceptors (Lipinski definition) is 2. The number of aliphatic carboxylic acids is 1.